The average Bonchev–Trinajstić information content (AvgIpc) is 2.50. The molecular weight excluding hydrogens is 421 g/mol. The Morgan fingerprint density at radius 1 is 1.20 bits per heavy atom. The fourth-order valence-corrected chi connectivity index (χ4v) is 3.60. The molecule has 3 nitrogen and oxygen atoms in total. The number of nitrogens with zero attached hydrogens (tertiary/aromatic N) is 1. The molecule has 25 heavy (non-hydrogen) atoms. The lowest BCUT2D eigenvalue weighted by Crippen LogP contribution is -2.45. The van der Waals surface area contributed by atoms with Crippen LogP contribution in [0.5, 0.6) is 5.75 Å². The van der Waals surface area contributed by atoms with E-state index in [1.54, 1.807) is 0 Å². The molecule has 1 saturated heterocycles. The first-order valence-corrected chi connectivity index (χ1v) is 9.19. The van der Waals surface area contributed by atoms with E-state index in [1.165, 1.54) is 12.1 Å². The molecular formula is C17H25BrClF3N2O. The van der Waals surface area contributed by atoms with Gasteiger partial charge in [-0.15, -0.1) is 25.6 Å². The number of ether oxygens (including phenoxy) is 1. The van der Waals surface area contributed by atoms with Crippen LogP contribution in [0.25, 0.3) is 0 Å². The van der Waals surface area contributed by atoms with E-state index in [0.29, 0.717) is 4.47 Å². The Labute approximate surface area is 161 Å². The minimum Gasteiger partial charge on any atom is -0.406 e. The summed E-state index contributed by atoms with van der Waals surface area (Å²) in [7, 11) is 0. The lowest BCUT2D eigenvalue weighted by Gasteiger charge is -2.35. The van der Waals surface area contributed by atoms with Crippen molar-refractivity contribution in [3.05, 3.63) is 28.2 Å². The summed E-state index contributed by atoms with van der Waals surface area (Å²) in [5.74, 6) is -0.164. The Morgan fingerprint density at radius 2 is 1.88 bits per heavy atom. The molecule has 0 bridgehead atoms. The molecule has 1 N–H and O–H groups in total. The Morgan fingerprint density at radius 3 is 2.48 bits per heavy atom. The smallest absolute Gasteiger partial charge is 0.406 e. The molecule has 144 valence electrons. The van der Waals surface area contributed by atoms with Crippen molar-refractivity contribution < 1.29 is 17.9 Å². The van der Waals surface area contributed by atoms with Crippen molar-refractivity contribution >= 4 is 28.3 Å². The van der Waals surface area contributed by atoms with E-state index < -0.39 is 6.36 Å². The molecule has 2 rings (SSSR count). The zero-order chi connectivity index (χ0) is 17.6. The van der Waals surface area contributed by atoms with Crippen molar-refractivity contribution in [1.29, 1.82) is 0 Å². The van der Waals surface area contributed by atoms with Gasteiger partial charge >= 0.3 is 6.36 Å². The first-order chi connectivity index (χ1) is 11.4. The molecule has 1 fully saturated rings. The lowest BCUT2D eigenvalue weighted by molar-refractivity contribution is -0.274. The molecule has 1 aromatic rings. The molecule has 8 heteroatoms. The van der Waals surface area contributed by atoms with Crippen molar-refractivity contribution in [2.24, 2.45) is 0 Å². The normalized spacial score (nSPS) is 17.0. The van der Waals surface area contributed by atoms with Crippen LogP contribution in [-0.4, -0.2) is 37.4 Å². The van der Waals surface area contributed by atoms with Gasteiger partial charge in [0.25, 0.3) is 0 Å². The molecule has 1 atom stereocenters. The maximum atomic E-state index is 12.6. The summed E-state index contributed by atoms with van der Waals surface area (Å²) in [6, 6.07) is 4.91. The minimum atomic E-state index is -4.68. The Balaban J connectivity index is 0.00000312. The van der Waals surface area contributed by atoms with Crippen LogP contribution < -0.4 is 10.1 Å². The lowest BCUT2D eigenvalue weighted by atomic mass is 9.98. The zero-order valence-corrected chi connectivity index (χ0v) is 16.6. The minimum absolute atomic E-state index is 0. The van der Waals surface area contributed by atoms with Gasteiger partial charge in [-0.05, 0) is 30.2 Å². The van der Waals surface area contributed by atoms with Crippen LogP contribution in [0.3, 0.4) is 0 Å². The summed E-state index contributed by atoms with van der Waals surface area (Å²) in [5, 5.41) is 3.32. The number of alkyl halides is 3. The second-order valence-corrected chi connectivity index (χ2v) is 6.98. The fourth-order valence-electron chi connectivity index (χ4n) is 3.11. The first kappa shape index (κ1) is 22.5. The Bertz CT molecular complexity index is 525. The third kappa shape index (κ3) is 7.72. The highest BCUT2D eigenvalue weighted by Gasteiger charge is 2.32. The molecule has 0 aliphatic carbocycles. The van der Waals surface area contributed by atoms with Gasteiger partial charge in [0.05, 0.1) is 0 Å². The molecule has 1 heterocycles. The predicted octanol–water partition coefficient (Wildman–Crippen LogP) is 5.30. The highest BCUT2D eigenvalue weighted by atomic mass is 79.9. The van der Waals surface area contributed by atoms with Crippen molar-refractivity contribution in [2.45, 2.75) is 45.0 Å². The number of hydrogen-bond acceptors (Lipinski definition) is 3. The number of halogens is 5. The molecule has 0 radical (unpaired) electrons. The zero-order valence-electron chi connectivity index (χ0n) is 14.2. The molecule has 0 aromatic heterocycles. The fraction of sp³-hybridized carbons (Fsp3) is 0.647. The number of nitrogens with one attached hydrogen (secondary N) is 1. The van der Waals surface area contributed by atoms with Crippen molar-refractivity contribution in [3.63, 3.8) is 0 Å². The van der Waals surface area contributed by atoms with Gasteiger partial charge in [0.2, 0.25) is 0 Å². The van der Waals surface area contributed by atoms with Gasteiger partial charge in [0, 0.05) is 36.7 Å². The summed E-state index contributed by atoms with van der Waals surface area (Å²) in [4.78, 5) is 2.35. The van der Waals surface area contributed by atoms with Gasteiger partial charge in [-0.3, -0.25) is 4.90 Å². The topological polar surface area (TPSA) is 24.5 Å². The van der Waals surface area contributed by atoms with Gasteiger partial charge in [0.1, 0.15) is 5.75 Å². The SMILES string of the molecule is CCCCC[C@H](c1cc(Br)cc(OC(F)(F)F)c1)N1CCNCC1.Cl. The van der Waals surface area contributed by atoms with Crippen LogP contribution in [0.2, 0.25) is 0 Å². The van der Waals surface area contributed by atoms with E-state index in [4.69, 9.17) is 0 Å². The molecule has 1 aliphatic heterocycles. The summed E-state index contributed by atoms with van der Waals surface area (Å²) < 4.78 is 42.4. The number of unbranched alkanes of at least 4 members (excludes halogenated alkanes) is 2. The highest BCUT2D eigenvalue weighted by Crippen LogP contribution is 2.34. The van der Waals surface area contributed by atoms with E-state index in [-0.39, 0.29) is 24.2 Å². The van der Waals surface area contributed by atoms with Gasteiger partial charge in [-0.1, -0.05) is 42.1 Å². The summed E-state index contributed by atoms with van der Waals surface area (Å²) in [6.45, 7) is 5.76. The molecule has 0 amide bonds. The van der Waals surface area contributed by atoms with Gasteiger partial charge < -0.3 is 10.1 Å². The van der Waals surface area contributed by atoms with Gasteiger partial charge in [0.15, 0.2) is 0 Å². The standard InChI is InChI=1S/C17H24BrF3N2O.ClH/c1-2-3-4-5-16(23-8-6-22-7-9-23)13-10-14(18)12-15(11-13)24-17(19,20)21;/h10-12,16,22H,2-9H2,1H3;1H/t16-;/m1./s1. The van der Waals surface area contributed by atoms with Crippen LogP contribution in [0.1, 0.15) is 44.2 Å². The number of hydrogen-bond donors (Lipinski definition) is 1. The van der Waals surface area contributed by atoms with E-state index in [9.17, 15) is 13.2 Å². The van der Waals surface area contributed by atoms with Gasteiger partial charge in [-0.2, -0.15) is 0 Å². The molecule has 1 aromatic carbocycles. The molecule has 0 unspecified atom stereocenters. The number of rotatable bonds is 7. The van der Waals surface area contributed by atoms with E-state index in [1.807, 2.05) is 6.07 Å². The number of benzene rings is 1. The molecule has 1 aliphatic rings. The van der Waals surface area contributed by atoms with Crippen molar-refractivity contribution in [3.8, 4) is 5.75 Å². The quantitative estimate of drug-likeness (QED) is 0.577. The number of piperazine rings is 1. The Hall–Kier alpha value is -0.500. The first-order valence-electron chi connectivity index (χ1n) is 8.40. The molecule has 0 saturated carbocycles. The second kappa shape index (κ2) is 10.6. The molecule has 0 spiro atoms. The van der Waals surface area contributed by atoms with Crippen LogP contribution in [0.4, 0.5) is 13.2 Å². The average molecular weight is 446 g/mol. The van der Waals surface area contributed by atoms with Crippen LogP contribution in [0.15, 0.2) is 22.7 Å². The van der Waals surface area contributed by atoms with E-state index in [2.05, 4.69) is 37.8 Å². The third-order valence-corrected chi connectivity index (χ3v) is 4.64. The summed E-state index contributed by atoms with van der Waals surface area (Å²) in [5.41, 5.74) is 0.877. The largest absolute Gasteiger partial charge is 0.573 e. The summed E-state index contributed by atoms with van der Waals surface area (Å²) in [6.07, 6.45) is -0.425. The summed E-state index contributed by atoms with van der Waals surface area (Å²) >= 11 is 3.32. The predicted molar refractivity (Wildman–Crippen MR) is 99.4 cm³/mol. The second-order valence-electron chi connectivity index (χ2n) is 6.07. The monoisotopic (exact) mass is 444 g/mol. The Kier molecular flexibility index (Phi) is 9.56. The maximum Gasteiger partial charge on any atom is 0.573 e. The van der Waals surface area contributed by atoms with Crippen LogP contribution in [-0.2, 0) is 0 Å². The van der Waals surface area contributed by atoms with Crippen LogP contribution in [0, 0.1) is 0 Å². The van der Waals surface area contributed by atoms with Gasteiger partial charge in [-0.25, -0.2) is 0 Å². The van der Waals surface area contributed by atoms with Crippen molar-refractivity contribution in [1.82, 2.24) is 10.2 Å². The third-order valence-electron chi connectivity index (χ3n) is 4.19. The van der Waals surface area contributed by atoms with E-state index in [0.717, 1.165) is 57.4 Å². The van der Waals surface area contributed by atoms with Crippen molar-refractivity contribution in [2.75, 3.05) is 26.2 Å². The maximum absolute atomic E-state index is 12.6. The highest BCUT2D eigenvalue weighted by molar-refractivity contribution is 9.10. The van der Waals surface area contributed by atoms with Crippen LogP contribution >= 0.6 is 28.3 Å². The van der Waals surface area contributed by atoms with E-state index >= 15 is 0 Å².